The lowest BCUT2D eigenvalue weighted by atomic mass is 10.0. The molecule has 0 heterocycles. The van der Waals surface area contributed by atoms with Crippen LogP contribution in [0.3, 0.4) is 0 Å². The normalized spacial score (nSPS) is 12.6. The minimum atomic E-state index is -0.321. The number of aromatic hydroxyl groups is 1. The number of hydrogen-bond donors (Lipinski definition) is 2. The topological polar surface area (TPSA) is 55.5 Å². The molecule has 1 aromatic carbocycles. The van der Waals surface area contributed by atoms with Crippen LogP contribution in [0.1, 0.15) is 31.0 Å². The van der Waals surface area contributed by atoms with Gasteiger partial charge in [-0.1, -0.05) is 18.5 Å². The summed E-state index contributed by atoms with van der Waals surface area (Å²) in [6.07, 6.45) is 0.773. The van der Waals surface area contributed by atoms with Crippen LogP contribution in [0.4, 0.5) is 0 Å². The van der Waals surface area contributed by atoms with E-state index in [9.17, 15) is 5.11 Å². The van der Waals surface area contributed by atoms with Gasteiger partial charge in [-0.15, -0.1) is 0 Å². The van der Waals surface area contributed by atoms with Gasteiger partial charge in [-0.25, -0.2) is 0 Å². The zero-order chi connectivity index (χ0) is 11.6. The van der Waals surface area contributed by atoms with E-state index < -0.39 is 0 Å². The second-order valence-corrected chi connectivity index (χ2v) is 3.83. The van der Waals surface area contributed by atoms with Crippen LogP contribution in [0.2, 0.25) is 5.02 Å². The van der Waals surface area contributed by atoms with Crippen molar-refractivity contribution in [3.8, 4) is 11.5 Å². The SMILES string of the molecule is CCc1cc(OC)c(O)c(C(C)N)c1Cl. The van der Waals surface area contributed by atoms with Gasteiger partial charge in [0.15, 0.2) is 11.5 Å². The first kappa shape index (κ1) is 12.1. The zero-order valence-electron chi connectivity index (χ0n) is 9.17. The van der Waals surface area contributed by atoms with Gasteiger partial charge in [-0.05, 0) is 25.0 Å². The van der Waals surface area contributed by atoms with Crippen LogP contribution in [-0.2, 0) is 6.42 Å². The van der Waals surface area contributed by atoms with E-state index in [0.29, 0.717) is 16.3 Å². The number of phenolic OH excluding ortho intramolecular Hbond substituents is 1. The van der Waals surface area contributed by atoms with Gasteiger partial charge >= 0.3 is 0 Å². The maximum Gasteiger partial charge on any atom is 0.164 e. The molecule has 0 aliphatic rings. The van der Waals surface area contributed by atoms with Gasteiger partial charge in [0.1, 0.15) is 0 Å². The molecular weight excluding hydrogens is 214 g/mol. The molecule has 0 saturated carbocycles. The Kier molecular flexibility index (Phi) is 3.83. The molecule has 3 N–H and O–H groups in total. The highest BCUT2D eigenvalue weighted by molar-refractivity contribution is 6.32. The fraction of sp³-hybridized carbons (Fsp3) is 0.455. The number of methoxy groups -OCH3 is 1. The highest BCUT2D eigenvalue weighted by Gasteiger charge is 2.18. The lowest BCUT2D eigenvalue weighted by Crippen LogP contribution is -2.08. The molecule has 0 aromatic heterocycles. The fourth-order valence-corrected chi connectivity index (χ4v) is 1.98. The van der Waals surface area contributed by atoms with Crippen molar-refractivity contribution >= 4 is 11.6 Å². The summed E-state index contributed by atoms with van der Waals surface area (Å²) < 4.78 is 5.07. The van der Waals surface area contributed by atoms with Gasteiger partial charge < -0.3 is 15.6 Å². The van der Waals surface area contributed by atoms with Crippen LogP contribution in [-0.4, -0.2) is 12.2 Å². The number of aryl methyl sites for hydroxylation is 1. The third-order valence-corrected chi connectivity index (χ3v) is 2.81. The summed E-state index contributed by atoms with van der Waals surface area (Å²) in [5, 5.41) is 10.4. The quantitative estimate of drug-likeness (QED) is 0.838. The van der Waals surface area contributed by atoms with Gasteiger partial charge in [0.05, 0.1) is 12.1 Å². The van der Waals surface area contributed by atoms with Gasteiger partial charge in [0.2, 0.25) is 0 Å². The van der Waals surface area contributed by atoms with Crippen molar-refractivity contribution in [1.82, 2.24) is 0 Å². The second-order valence-electron chi connectivity index (χ2n) is 3.46. The first-order valence-corrected chi connectivity index (χ1v) is 5.24. The number of phenols is 1. The van der Waals surface area contributed by atoms with Crippen LogP contribution in [0, 0.1) is 0 Å². The van der Waals surface area contributed by atoms with E-state index in [1.54, 1.807) is 13.0 Å². The summed E-state index contributed by atoms with van der Waals surface area (Å²) in [6, 6.07) is 1.42. The average molecular weight is 230 g/mol. The van der Waals surface area contributed by atoms with Crippen molar-refractivity contribution in [3.63, 3.8) is 0 Å². The average Bonchev–Trinajstić information content (AvgIpc) is 2.18. The molecule has 0 bridgehead atoms. The lowest BCUT2D eigenvalue weighted by molar-refractivity contribution is 0.368. The fourth-order valence-electron chi connectivity index (χ4n) is 1.53. The Bertz CT molecular complexity index is 336. The lowest BCUT2D eigenvalue weighted by Gasteiger charge is -2.16. The van der Waals surface area contributed by atoms with E-state index in [-0.39, 0.29) is 11.8 Å². The van der Waals surface area contributed by atoms with Crippen molar-refractivity contribution in [2.24, 2.45) is 5.73 Å². The summed E-state index contributed by atoms with van der Waals surface area (Å²) in [5.74, 6) is 0.457. The van der Waals surface area contributed by atoms with Crippen LogP contribution < -0.4 is 10.5 Å². The minimum Gasteiger partial charge on any atom is -0.504 e. The molecule has 0 saturated heterocycles. The van der Waals surface area contributed by atoms with Crippen molar-refractivity contribution in [2.45, 2.75) is 26.3 Å². The molecule has 15 heavy (non-hydrogen) atoms. The first-order valence-electron chi connectivity index (χ1n) is 4.86. The number of ether oxygens (including phenoxy) is 1. The maximum atomic E-state index is 9.87. The predicted octanol–water partition coefficient (Wildman–Crippen LogP) is 2.64. The van der Waals surface area contributed by atoms with E-state index in [4.69, 9.17) is 22.1 Å². The van der Waals surface area contributed by atoms with Gasteiger partial charge in [-0.3, -0.25) is 0 Å². The Balaban J connectivity index is 3.46. The van der Waals surface area contributed by atoms with E-state index in [2.05, 4.69) is 0 Å². The van der Waals surface area contributed by atoms with Crippen LogP contribution >= 0.6 is 11.6 Å². The molecule has 84 valence electrons. The van der Waals surface area contributed by atoms with Crippen LogP contribution in [0.5, 0.6) is 11.5 Å². The molecule has 3 nitrogen and oxygen atoms in total. The molecule has 1 aromatic rings. The number of benzene rings is 1. The van der Waals surface area contributed by atoms with E-state index in [1.165, 1.54) is 7.11 Å². The van der Waals surface area contributed by atoms with E-state index in [0.717, 1.165) is 12.0 Å². The summed E-state index contributed by atoms with van der Waals surface area (Å²) >= 11 is 6.14. The van der Waals surface area contributed by atoms with Crippen molar-refractivity contribution in [1.29, 1.82) is 0 Å². The largest absolute Gasteiger partial charge is 0.504 e. The second kappa shape index (κ2) is 4.73. The molecule has 0 radical (unpaired) electrons. The molecule has 1 atom stereocenters. The smallest absolute Gasteiger partial charge is 0.164 e. The third-order valence-electron chi connectivity index (χ3n) is 2.37. The van der Waals surface area contributed by atoms with E-state index in [1.807, 2.05) is 6.92 Å². The van der Waals surface area contributed by atoms with E-state index >= 15 is 0 Å². The summed E-state index contributed by atoms with van der Waals surface area (Å²) in [5.41, 5.74) is 7.24. The Morgan fingerprint density at radius 2 is 2.20 bits per heavy atom. The maximum absolute atomic E-state index is 9.87. The van der Waals surface area contributed by atoms with Crippen molar-refractivity contribution < 1.29 is 9.84 Å². The highest BCUT2D eigenvalue weighted by atomic mass is 35.5. The van der Waals surface area contributed by atoms with Crippen molar-refractivity contribution in [2.75, 3.05) is 7.11 Å². The molecule has 4 heteroatoms. The first-order chi connectivity index (χ1) is 7.02. The third kappa shape index (κ3) is 2.19. The summed E-state index contributed by atoms with van der Waals surface area (Å²) in [6.45, 7) is 3.77. The molecule has 0 aliphatic heterocycles. The van der Waals surface area contributed by atoms with Crippen LogP contribution in [0.25, 0.3) is 0 Å². The van der Waals surface area contributed by atoms with Crippen molar-refractivity contribution in [3.05, 3.63) is 22.2 Å². The Labute approximate surface area is 94.8 Å². The predicted molar refractivity (Wildman–Crippen MR) is 61.6 cm³/mol. The molecule has 0 amide bonds. The number of nitrogens with two attached hydrogens (primary N) is 1. The molecule has 0 aliphatic carbocycles. The number of hydrogen-bond acceptors (Lipinski definition) is 3. The van der Waals surface area contributed by atoms with Gasteiger partial charge in [0.25, 0.3) is 0 Å². The number of rotatable bonds is 3. The highest BCUT2D eigenvalue weighted by Crippen LogP contribution is 2.40. The van der Waals surface area contributed by atoms with Crippen LogP contribution in [0.15, 0.2) is 6.07 Å². The summed E-state index contributed by atoms with van der Waals surface area (Å²) in [7, 11) is 1.51. The Morgan fingerprint density at radius 3 is 2.60 bits per heavy atom. The van der Waals surface area contributed by atoms with Gasteiger partial charge in [0, 0.05) is 11.6 Å². The zero-order valence-corrected chi connectivity index (χ0v) is 9.93. The Morgan fingerprint density at radius 1 is 1.60 bits per heavy atom. The van der Waals surface area contributed by atoms with Gasteiger partial charge in [-0.2, -0.15) is 0 Å². The molecule has 1 rings (SSSR count). The molecular formula is C11H16ClNO2. The molecule has 0 fully saturated rings. The monoisotopic (exact) mass is 229 g/mol. The molecule has 1 unspecified atom stereocenters. The Hall–Kier alpha value is -0.930. The summed E-state index contributed by atoms with van der Waals surface area (Å²) in [4.78, 5) is 0. The molecule has 0 spiro atoms. The standard InChI is InChI=1S/C11H16ClNO2/c1-4-7-5-8(15-3)11(14)9(6(2)13)10(7)12/h5-6,14H,4,13H2,1-3H3. The number of halogens is 1. The minimum absolute atomic E-state index is 0.0368.